The zero-order chi connectivity index (χ0) is 9.07. The lowest BCUT2D eigenvalue weighted by Crippen LogP contribution is -1.85. The summed E-state index contributed by atoms with van der Waals surface area (Å²) in [6.07, 6.45) is 16.1. The second kappa shape index (κ2) is 13.8. The topological polar surface area (TPSA) is 0 Å². The molecule has 0 heteroatoms. The van der Waals surface area contributed by atoms with Gasteiger partial charge >= 0.3 is 0 Å². The zero-order valence-corrected chi connectivity index (χ0v) is 7.97. The SMILES string of the molecule is C.C1CCCCC1.C=C/C=C\C=C. The van der Waals surface area contributed by atoms with E-state index >= 15 is 0 Å². The fourth-order valence-corrected chi connectivity index (χ4v) is 1.22. The molecule has 1 fully saturated rings. The van der Waals surface area contributed by atoms with Gasteiger partial charge in [-0.25, -0.2) is 0 Å². The van der Waals surface area contributed by atoms with E-state index in [2.05, 4.69) is 13.2 Å². The van der Waals surface area contributed by atoms with Crippen molar-refractivity contribution in [2.45, 2.75) is 46.0 Å². The van der Waals surface area contributed by atoms with Crippen molar-refractivity contribution in [2.24, 2.45) is 0 Å². The quantitative estimate of drug-likeness (QED) is 0.531. The van der Waals surface area contributed by atoms with Gasteiger partial charge in [-0.2, -0.15) is 0 Å². The Kier molecular flexibility index (Phi) is 15.6. The average molecular weight is 180 g/mol. The molecule has 76 valence electrons. The Balaban J connectivity index is 0. The van der Waals surface area contributed by atoms with Gasteiger partial charge in [0.2, 0.25) is 0 Å². The fourth-order valence-electron chi connectivity index (χ4n) is 1.22. The first-order valence-corrected chi connectivity index (χ1v) is 4.82. The Hall–Kier alpha value is -0.780. The molecule has 1 aliphatic rings. The van der Waals surface area contributed by atoms with Gasteiger partial charge in [0.05, 0.1) is 0 Å². The van der Waals surface area contributed by atoms with E-state index in [1.807, 2.05) is 12.2 Å². The van der Waals surface area contributed by atoms with E-state index in [0.717, 1.165) is 0 Å². The third-order valence-electron chi connectivity index (χ3n) is 1.88. The minimum Gasteiger partial charge on any atom is -0.0991 e. The predicted octanol–water partition coefficient (Wildman–Crippen LogP) is 4.89. The molecule has 1 aliphatic carbocycles. The molecular formula is C13H24. The maximum atomic E-state index is 3.46. The van der Waals surface area contributed by atoms with Crippen LogP contribution in [0.25, 0.3) is 0 Å². The normalized spacial score (nSPS) is 15.1. The van der Waals surface area contributed by atoms with E-state index in [9.17, 15) is 0 Å². The molecular weight excluding hydrogens is 156 g/mol. The molecule has 0 N–H and O–H groups in total. The van der Waals surface area contributed by atoms with E-state index < -0.39 is 0 Å². The second-order valence-corrected chi connectivity index (χ2v) is 2.98. The lowest BCUT2D eigenvalue weighted by atomic mass is 10.0. The van der Waals surface area contributed by atoms with Crippen LogP contribution < -0.4 is 0 Å². The highest BCUT2D eigenvalue weighted by atomic mass is 14.0. The van der Waals surface area contributed by atoms with Gasteiger partial charge in [-0.15, -0.1) is 0 Å². The van der Waals surface area contributed by atoms with E-state index in [0.29, 0.717) is 0 Å². The number of hydrogen-bond acceptors (Lipinski definition) is 0. The molecule has 0 nitrogen and oxygen atoms in total. The maximum absolute atomic E-state index is 3.46. The molecule has 13 heavy (non-hydrogen) atoms. The Labute approximate surface area is 84.1 Å². The third-order valence-corrected chi connectivity index (χ3v) is 1.88. The molecule has 0 aromatic carbocycles. The largest absolute Gasteiger partial charge is 0.0991 e. The van der Waals surface area contributed by atoms with Gasteiger partial charge in [-0.3, -0.25) is 0 Å². The molecule has 0 saturated heterocycles. The van der Waals surface area contributed by atoms with Gasteiger partial charge < -0.3 is 0 Å². The van der Waals surface area contributed by atoms with E-state index in [-0.39, 0.29) is 7.43 Å². The molecule has 0 spiro atoms. The van der Waals surface area contributed by atoms with E-state index in [1.54, 1.807) is 12.2 Å². The Bertz CT molecular complexity index is 105. The summed E-state index contributed by atoms with van der Waals surface area (Å²) >= 11 is 0. The van der Waals surface area contributed by atoms with Crippen LogP contribution in [0.4, 0.5) is 0 Å². The van der Waals surface area contributed by atoms with Gasteiger partial charge in [0.1, 0.15) is 0 Å². The van der Waals surface area contributed by atoms with Gasteiger partial charge in [0.15, 0.2) is 0 Å². The summed E-state index contributed by atoms with van der Waals surface area (Å²) in [6, 6.07) is 0. The van der Waals surface area contributed by atoms with Crippen molar-refractivity contribution in [3.63, 3.8) is 0 Å². The van der Waals surface area contributed by atoms with E-state index in [4.69, 9.17) is 0 Å². The smallest absolute Gasteiger partial charge is 0.0533 e. The van der Waals surface area contributed by atoms with Gasteiger partial charge in [0, 0.05) is 0 Å². The van der Waals surface area contributed by atoms with Crippen LogP contribution in [0.5, 0.6) is 0 Å². The number of allylic oxidation sites excluding steroid dienone is 4. The standard InChI is InChI=1S/C6H12.C6H8.CH4/c1-2-4-6-5-3-1;1-3-5-6-4-2;/h1-6H2;3-6H,1-2H2;1H4/b;6-5-;. The highest BCUT2D eigenvalue weighted by Crippen LogP contribution is 2.15. The van der Waals surface area contributed by atoms with E-state index in [1.165, 1.54) is 38.5 Å². The van der Waals surface area contributed by atoms with Crippen molar-refractivity contribution in [3.05, 3.63) is 37.5 Å². The summed E-state index contributed by atoms with van der Waals surface area (Å²) in [4.78, 5) is 0. The second-order valence-electron chi connectivity index (χ2n) is 2.98. The van der Waals surface area contributed by atoms with Gasteiger partial charge in [0.25, 0.3) is 0 Å². The van der Waals surface area contributed by atoms with Crippen LogP contribution in [0.3, 0.4) is 0 Å². The highest BCUT2D eigenvalue weighted by Gasteiger charge is 1.95. The minimum absolute atomic E-state index is 0. The number of hydrogen-bond donors (Lipinski definition) is 0. The van der Waals surface area contributed by atoms with Crippen molar-refractivity contribution in [1.82, 2.24) is 0 Å². The Morgan fingerprint density at radius 3 is 1.00 bits per heavy atom. The Morgan fingerprint density at radius 1 is 0.615 bits per heavy atom. The van der Waals surface area contributed by atoms with Crippen molar-refractivity contribution in [1.29, 1.82) is 0 Å². The molecule has 0 heterocycles. The van der Waals surface area contributed by atoms with Crippen molar-refractivity contribution < 1.29 is 0 Å². The molecule has 0 aromatic heterocycles. The Morgan fingerprint density at radius 2 is 0.846 bits per heavy atom. The first-order valence-electron chi connectivity index (χ1n) is 4.82. The molecule has 0 bridgehead atoms. The van der Waals surface area contributed by atoms with Gasteiger partial charge in [-0.05, 0) is 0 Å². The van der Waals surface area contributed by atoms with Crippen molar-refractivity contribution >= 4 is 0 Å². The summed E-state index contributed by atoms with van der Waals surface area (Å²) in [6.45, 7) is 6.93. The zero-order valence-electron chi connectivity index (χ0n) is 7.97. The van der Waals surface area contributed by atoms with Crippen LogP contribution in [-0.2, 0) is 0 Å². The van der Waals surface area contributed by atoms with Crippen molar-refractivity contribution in [3.8, 4) is 0 Å². The first-order chi connectivity index (χ1) is 5.91. The first kappa shape index (κ1) is 14.7. The molecule has 0 amide bonds. The number of rotatable bonds is 2. The molecule has 0 aliphatic heterocycles. The van der Waals surface area contributed by atoms with Crippen LogP contribution in [0.2, 0.25) is 0 Å². The summed E-state index contributed by atoms with van der Waals surface area (Å²) in [5.74, 6) is 0. The summed E-state index contributed by atoms with van der Waals surface area (Å²) in [5.41, 5.74) is 0. The lowest BCUT2D eigenvalue weighted by Gasteiger charge is -2.05. The summed E-state index contributed by atoms with van der Waals surface area (Å²) in [5, 5.41) is 0. The lowest BCUT2D eigenvalue weighted by molar-refractivity contribution is 0.504. The van der Waals surface area contributed by atoms with Gasteiger partial charge in [-0.1, -0.05) is 83.4 Å². The van der Waals surface area contributed by atoms with Crippen LogP contribution in [0.15, 0.2) is 37.5 Å². The molecule has 0 atom stereocenters. The minimum atomic E-state index is 0. The summed E-state index contributed by atoms with van der Waals surface area (Å²) in [7, 11) is 0. The third kappa shape index (κ3) is 14.1. The van der Waals surface area contributed by atoms with Crippen LogP contribution in [-0.4, -0.2) is 0 Å². The molecule has 1 saturated carbocycles. The average Bonchev–Trinajstić information content (AvgIpc) is 2.18. The van der Waals surface area contributed by atoms with Crippen LogP contribution in [0, 0.1) is 0 Å². The maximum Gasteiger partial charge on any atom is -0.0533 e. The monoisotopic (exact) mass is 180 g/mol. The molecule has 1 rings (SSSR count). The predicted molar refractivity (Wildman–Crippen MR) is 64.0 cm³/mol. The molecule has 0 aromatic rings. The molecule has 0 unspecified atom stereocenters. The summed E-state index contributed by atoms with van der Waals surface area (Å²) < 4.78 is 0. The van der Waals surface area contributed by atoms with Crippen molar-refractivity contribution in [2.75, 3.05) is 0 Å². The van der Waals surface area contributed by atoms with Crippen LogP contribution in [0.1, 0.15) is 46.0 Å². The van der Waals surface area contributed by atoms with Crippen LogP contribution >= 0.6 is 0 Å². The fraction of sp³-hybridized carbons (Fsp3) is 0.538. The highest BCUT2D eigenvalue weighted by molar-refractivity contribution is 5.05. The molecule has 0 radical (unpaired) electrons.